The van der Waals surface area contributed by atoms with E-state index >= 15 is 0 Å². The zero-order valence-electron chi connectivity index (χ0n) is 12.0. The summed E-state index contributed by atoms with van der Waals surface area (Å²) in [4.78, 5) is 33.5. The monoisotopic (exact) mass is 293 g/mol. The second kappa shape index (κ2) is 7.28. The zero-order chi connectivity index (χ0) is 16.0. The number of carbonyl (C=O) groups excluding carboxylic acids is 2. The van der Waals surface area contributed by atoms with Crippen LogP contribution in [0.15, 0.2) is 18.2 Å². The largest absolute Gasteiger partial charge is 0.480 e. The van der Waals surface area contributed by atoms with E-state index in [4.69, 9.17) is 10.8 Å². The van der Waals surface area contributed by atoms with Crippen molar-refractivity contribution in [1.82, 2.24) is 5.32 Å². The standard InChI is InChI=1S/C14H19N3O4/c1-8-3-4-9(2)11(7-8)17-14(21)16-10(13(19)20)5-6-12(15)18/h3-4,7,10H,5-6H2,1-2H3,(H2,15,18)(H,19,20)(H2,16,17,21). The van der Waals surface area contributed by atoms with Gasteiger partial charge in [0, 0.05) is 12.1 Å². The van der Waals surface area contributed by atoms with E-state index in [2.05, 4.69) is 10.6 Å². The molecule has 7 nitrogen and oxygen atoms in total. The first kappa shape index (κ1) is 16.5. The van der Waals surface area contributed by atoms with Crippen molar-refractivity contribution in [2.75, 3.05) is 5.32 Å². The second-order valence-corrected chi connectivity index (χ2v) is 4.81. The molecule has 0 saturated carbocycles. The number of carboxylic acid groups (broad SMARTS) is 1. The Labute approximate surface area is 122 Å². The number of anilines is 1. The number of carbonyl (C=O) groups is 3. The van der Waals surface area contributed by atoms with Crippen LogP contribution in [0.25, 0.3) is 0 Å². The van der Waals surface area contributed by atoms with Crippen LogP contribution in [0.1, 0.15) is 24.0 Å². The summed E-state index contributed by atoms with van der Waals surface area (Å²) in [5, 5.41) is 13.9. The molecule has 1 rings (SSSR count). The summed E-state index contributed by atoms with van der Waals surface area (Å²) in [5.74, 6) is -1.83. The van der Waals surface area contributed by atoms with Crippen LogP contribution >= 0.6 is 0 Å². The van der Waals surface area contributed by atoms with Crippen molar-refractivity contribution in [1.29, 1.82) is 0 Å². The maximum atomic E-state index is 11.8. The number of hydrogen-bond donors (Lipinski definition) is 4. The molecular formula is C14H19N3O4. The molecule has 1 atom stereocenters. The van der Waals surface area contributed by atoms with Crippen LogP contribution in [0.4, 0.5) is 10.5 Å². The van der Waals surface area contributed by atoms with Crippen molar-refractivity contribution in [3.05, 3.63) is 29.3 Å². The van der Waals surface area contributed by atoms with Crippen molar-refractivity contribution < 1.29 is 19.5 Å². The first-order chi connectivity index (χ1) is 9.79. The topological polar surface area (TPSA) is 122 Å². The highest BCUT2D eigenvalue weighted by Gasteiger charge is 2.20. The maximum absolute atomic E-state index is 11.8. The molecule has 0 saturated heterocycles. The molecule has 0 fully saturated rings. The fraction of sp³-hybridized carbons (Fsp3) is 0.357. The number of rotatable bonds is 6. The Hall–Kier alpha value is -2.57. The van der Waals surface area contributed by atoms with Crippen molar-refractivity contribution in [2.45, 2.75) is 32.7 Å². The number of nitrogens with two attached hydrogens (primary N) is 1. The third-order valence-electron chi connectivity index (χ3n) is 2.92. The highest BCUT2D eigenvalue weighted by Crippen LogP contribution is 2.16. The first-order valence-electron chi connectivity index (χ1n) is 6.45. The molecule has 1 aromatic rings. The van der Waals surface area contributed by atoms with E-state index in [-0.39, 0.29) is 12.8 Å². The highest BCUT2D eigenvalue weighted by atomic mass is 16.4. The Bertz CT molecular complexity index is 557. The van der Waals surface area contributed by atoms with Crippen molar-refractivity contribution >= 4 is 23.6 Å². The molecule has 0 aliphatic rings. The number of benzene rings is 1. The molecule has 0 spiro atoms. The van der Waals surface area contributed by atoms with Crippen LogP contribution in [0.3, 0.4) is 0 Å². The van der Waals surface area contributed by atoms with E-state index in [1.54, 1.807) is 6.07 Å². The van der Waals surface area contributed by atoms with E-state index in [0.717, 1.165) is 11.1 Å². The Morgan fingerprint density at radius 2 is 1.95 bits per heavy atom. The normalized spacial score (nSPS) is 11.5. The van der Waals surface area contributed by atoms with Crippen LogP contribution in [-0.4, -0.2) is 29.1 Å². The molecule has 114 valence electrons. The van der Waals surface area contributed by atoms with E-state index in [0.29, 0.717) is 5.69 Å². The van der Waals surface area contributed by atoms with Gasteiger partial charge >= 0.3 is 12.0 Å². The summed E-state index contributed by atoms with van der Waals surface area (Å²) < 4.78 is 0. The lowest BCUT2D eigenvalue weighted by Crippen LogP contribution is -2.43. The number of carboxylic acids is 1. The van der Waals surface area contributed by atoms with Gasteiger partial charge < -0.3 is 21.5 Å². The molecule has 0 heterocycles. The van der Waals surface area contributed by atoms with Crippen LogP contribution in [0.2, 0.25) is 0 Å². The highest BCUT2D eigenvalue weighted by molar-refractivity contribution is 5.93. The molecule has 0 aliphatic carbocycles. The van der Waals surface area contributed by atoms with Gasteiger partial charge in [0.05, 0.1) is 0 Å². The number of aryl methyl sites for hydroxylation is 2. The van der Waals surface area contributed by atoms with E-state index < -0.39 is 23.9 Å². The van der Waals surface area contributed by atoms with Gasteiger partial charge in [-0.05, 0) is 37.5 Å². The predicted molar refractivity (Wildman–Crippen MR) is 77.9 cm³/mol. The average molecular weight is 293 g/mol. The van der Waals surface area contributed by atoms with Gasteiger partial charge in [-0.25, -0.2) is 9.59 Å². The second-order valence-electron chi connectivity index (χ2n) is 4.81. The summed E-state index contributed by atoms with van der Waals surface area (Å²) >= 11 is 0. The molecule has 0 aromatic heterocycles. The molecule has 5 N–H and O–H groups in total. The third-order valence-corrected chi connectivity index (χ3v) is 2.92. The molecule has 1 unspecified atom stereocenters. The smallest absolute Gasteiger partial charge is 0.326 e. The van der Waals surface area contributed by atoms with Crippen LogP contribution < -0.4 is 16.4 Å². The molecule has 3 amide bonds. The van der Waals surface area contributed by atoms with Gasteiger partial charge in [0.1, 0.15) is 6.04 Å². The van der Waals surface area contributed by atoms with Gasteiger partial charge in [0.15, 0.2) is 0 Å². The summed E-state index contributed by atoms with van der Waals surface area (Å²) in [6.45, 7) is 3.71. The minimum absolute atomic E-state index is 0.0507. The number of nitrogens with one attached hydrogen (secondary N) is 2. The summed E-state index contributed by atoms with van der Waals surface area (Å²) in [6.07, 6.45) is -0.161. The van der Waals surface area contributed by atoms with Gasteiger partial charge in [0.2, 0.25) is 5.91 Å². The molecule has 21 heavy (non-hydrogen) atoms. The predicted octanol–water partition coefficient (Wildman–Crippen LogP) is 1.14. The molecule has 7 heteroatoms. The fourth-order valence-corrected chi connectivity index (χ4v) is 1.73. The Balaban J connectivity index is 2.67. The zero-order valence-corrected chi connectivity index (χ0v) is 12.0. The van der Waals surface area contributed by atoms with Crippen molar-refractivity contribution in [3.8, 4) is 0 Å². The van der Waals surface area contributed by atoms with Crippen LogP contribution in [0, 0.1) is 13.8 Å². The summed E-state index contributed by atoms with van der Waals surface area (Å²) in [6, 6.07) is 3.75. The number of hydrogen-bond acceptors (Lipinski definition) is 3. The molecule has 0 radical (unpaired) electrons. The maximum Gasteiger partial charge on any atom is 0.326 e. The van der Waals surface area contributed by atoms with Gasteiger partial charge in [-0.15, -0.1) is 0 Å². The van der Waals surface area contributed by atoms with E-state index in [1.165, 1.54) is 0 Å². The quantitative estimate of drug-likeness (QED) is 0.628. The van der Waals surface area contributed by atoms with Gasteiger partial charge in [0.25, 0.3) is 0 Å². The Kier molecular flexibility index (Phi) is 5.71. The molecule has 0 aliphatic heterocycles. The van der Waals surface area contributed by atoms with Gasteiger partial charge in [-0.3, -0.25) is 4.79 Å². The number of aliphatic carboxylic acids is 1. The fourth-order valence-electron chi connectivity index (χ4n) is 1.73. The van der Waals surface area contributed by atoms with Gasteiger partial charge in [-0.1, -0.05) is 12.1 Å². The Morgan fingerprint density at radius 3 is 2.52 bits per heavy atom. The number of amides is 3. The minimum Gasteiger partial charge on any atom is -0.480 e. The first-order valence-corrected chi connectivity index (χ1v) is 6.45. The molecule has 1 aromatic carbocycles. The molecule has 0 bridgehead atoms. The van der Waals surface area contributed by atoms with Crippen LogP contribution in [-0.2, 0) is 9.59 Å². The lowest BCUT2D eigenvalue weighted by atomic mass is 10.1. The molecular weight excluding hydrogens is 274 g/mol. The van der Waals surface area contributed by atoms with Crippen molar-refractivity contribution in [3.63, 3.8) is 0 Å². The summed E-state index contributed by atoms with van der Waals surface area (Å²) in [5.41, 5.74) is 7.41. The average Bonchev–Trinajstić information content (AvgIpc) is 2.38. The SMILES string of the molecule is Cc1ccc(C)c(NC(=O)NC(CCC(N)=O)C(=O)O)c1. The van der Waals surface area contributed by atoms with E-state index in [9.17, 15) is 14.4 Å². The Morgan fingerprint density at radius 1 is 1.29 bits per heavy atom. The number of primary amides is 1. The number of urea groups is 1. The lowest BCUT2D eigenvalue weighted by Gasteiger charge is -2.15. The minimum atomic E-state index is -1.22. The summed E-state index contributed by atoms with van der Waals surface area (Å²) in [7, 11) is 0. The van der Waals surface area contributed by atoms with Crippen molar-refractivity contribution in [2.24, 2.45) is 5.73 Å². The third kappa shape index (κ3) is 5.52. The lowest BCUT2D eigenvalue weighted by molar-refractivity contribution is -0.139. The van der Waals surface area contributed by atoms with E-state index in [1.807, 2.05) is 26.0 Å². The van der Waals surface area contributed by atoms with Crippen LogP contribution in [0.5, 0.6) is 0 Å². The van der Waals surface area contributed by atoms with Gasteiger partial charge in [-0.2, -0.15) is 0 Å².